The summed E-state index contributed by atoms with van der Waals surface area (Å²) in [6.45, 7) is 1.74. The minimum atomic E-state index is -0.877. The molecule has 1 heterocycles. The maximum atomic E-state index is 14.4. The first-order valence-electron chi connectivity index (χ1n) is 24.4. The molecule has 0 fully saturated rings. The van der Waals surface area contributed by atoms with Gasteiger partial charge >= 0.3 is 5.97 Å². The Morgan fingerprint density at radius 2 is 0.781 bits per heavy atom. The van der Waals surface area contributed by atoms with Gasteiger partial charge in [-0.3, -0.25) is 0 Å². The van der Waals surface area contributed by atoms with Crippen LogP contribution < -0.4 is 33.2 Å². The lowest BCUT2D eigenvalue weighted by atomic mass is 9.93. The molecule has 9 aromatic carbocycles. The highest BCUT2D eigenvalue weighted by molar-refractivity contribution is 5.89. The third-order valence-electron chi connectivity index (χ3n) is 12.3. The highest BCUT2D eigenvalue weighted by Crippen LogP contribution is 2.48. The van der Waals surface area contributed by atoms with Gasteiger partial charge in [0.2, 0.25) is 5.75 Å². The summed E-state index contributed by atoms with van der Waals surface area (Å²) in [5.74, 6) is 3.00. The van der Waals surface area contributed by atoms with Crippen LogP contribution in [0.1, 0.15) is 61.0 Å². The van der Waals surface area contributed by atoms with Crippen LogP contribution in [0.2, 0.25) is 0 Å². The van der Waals surface area contributed by atoms with Gasteiger partial charge in [-0.2, -0.15) is 0 Å². The van der Waals surface area contributed by atoms with Crippen molar-refractivity contribution in [2.45, 2.75) is 58.3 Å². The second-order valence-corrected chi connectivity index (χ2v) is 17.6. The molecule has 0 N–H and O–H groups in total. The highest BCUT2D eigenvalue weighted by Gasteiger charge is 2.38. The Morgan fingerprint density at radius 3 is 1.22 bits per heavy atom. The predicted molar refractivity (Wildman–Crippen MR) is 280 cm³/mol. The van der Waals surface area contributed by atoms with Gasteiger partial charge in [-0.05, 0) is 69.8 Å². The topological polar surface area (TPSA) is 90.9 Å². The summed E-state index contributed by atoms with van der Waals surface area (Å²) in [5.41, 5.74) is 7.64. The lowest BCUT2D eigenvalue weighted by Crippen LogP contribution is -2.35. The van der Waals surface area contributed by atoms with Crippen molar-refractivity contribution in [1.29, 1.82) is 0 Å². The fourth-order valence-corrected chi connectivity index (χ4v) is 8.45. The molecule has 9 heteroatoms. The normalized spacial score (nSPS) is 13.6. The van der Waals surface area contributed by atoms with Crippen molar-refractivity contribution in [2.75, 3.05) is 0 Å². The third-order valence-corrected chi connectivity index (χ3v) is 12.3. The molecule has 0 aromatic heterocycles. The molecule has 364 valence electrons. The van der Waals surface area contributed by atoms with Crippen molar-refractivity contribution in [1.82, 2.24) is 0 Å². The van der Waals surface area contributed by atoms with E-state index in [1.54, 1.807) is 24.3 Å². The molecule has 1 aliphatic heterocycles. The molecule has 1 aliphatic rings. The molecule has 0 radical (unpaired) electrons. The first kappa shape index (κ1) is 47.7. The second kappa shape index (κ2) is 23.8. The molecule has 0 bridgehead atoms. The van der Waals surface area contributed by atoms with Crippen molar-refractivity contribution >= 4 is 5.97 Å². The van der Waals surface area contributed by atoms with Gasteiger partial charge in [-0.1, -0.05) is 182 Å². The van der Waals surface area contributed by atoms with E-state index < -0.39 is 18.2 Å². The molecule has 10 rings (SSSR count). The molecule has 0 saturated carbocycles. The number of benzene rings is 9. The van der Waals surface area contributed by atoms with Crippen LogP contribution in [0.3, 0.4) is 0 Å². The summed E-state index contributed by atoms with van der Waals surface area (Å²) >= 11 is 0. The monoisotopic (exact) mass is 966 g/mol. The molecule has 73 heavy (non-hydrogen) atoms. The van der Waals surface area contributed by atoms with E-state index >= 15 is 0 Å². The van der Waals surface area contributed by atoms with Crippen LogP contribution in [0.4, 0.5) is 0 Å². The fraction of sp³-hybridized carbons (Fsp3) is 0.141. The Bertz CT molecular complexity index is 3090. The zero-order valence-corrected chi connectivity index (χ0v) is 40.2. The molecule has 0 amide bonds. The summed E-state index contributed by atoms with van der Waals surface area (Å²) in [6, 6.07) is 74.2. The van der Waals surface area contributed by atoms with E-state index in [-0.39, 0.29) is 32.8 Å². The number of rotatable bonds is 21. The van der Waals surface area contributed by atoms with Gasteiger partial charge < -0.3 is 37.9 Å². The van der Waals surface area contributed by atoms with Crippen LogP contribution in [-0.4, -0.2) is 12.1 Å². The summed E-state index contributed by atoms with van der Waals surface area (Å²) in [5, 5.41) is 0. The minimum Gasteiger partial charge on any atom is -0.489 e. The number of hydrogen-bond acceptors (Lipinski definition) is 9. The van der Waals surface area contributed by atoms with Gasteiger partial charge in [0.05, 0.1) is 5.56 Å². The van der Waals surface area contributed by atoms with Crippen LogP contribution in [-0.2, 0) is 50.8 Å². The molecule has 2 atom stereocenters. The van der Waals surface area contributed by atoms with Gasteiger partial charge in [-0.25, -0.2) is 4.79 Å². The van der Waals surface area contributed by atoms with E-state index in [2.05, 4.69) is 0 Å². The summed E-state index contributed by atoms with van der Waals surface area (Å²) in [7, 11) is 0. The smallest absolute Gasteiger partial charge is 0.338 e. The average molecular weight is 967 g/mol. The standard InChI is InChI=1S/C64H54O9/c65-64(52-31-33-54(34-32-52)66-40-46-19-7-1-8-20-46)73-61-39-56-57(68-42-48-23-11-3-12-24-48)37-55(67-41-47-21-9-2-10-22-47)38-58(56)72-62(61)53-35-59(69-43-49-25-13-4-14-26-49)63(71-45-51-29-17-6-18-30-51)60(36-53)70-44-50-27-15-5-16-28-50/h1-38,61-62H,39-45H2/t61-,62+/m1/s1. The lowest BCUT2D eigenvalue weighted by molar-refractivity contribution is -0.0190. The predicted octanol–water partition coefficient (Wildman–Crippen LogP) is 14.1. The Labute approximate surface area is 426 Å². The Kier molecular flexibility index (Phi) is 15.5. The zero-order valence-electron chi connectivity index (χ0n) is 40.2. The first-order valence-corrected chi connectivity index (χ1v) is 24.4. The molecule has 9 nitrogen and oxygen atoms in total. The van der Waals surface area contributed by atoms with E-state index in [0.29, 0.717) is 64.6 Å². The number of fused-ring (bicyclic) bond motifs is 1. The molecule has 0 saturated heterocycles. The van der Waals surface area contributed by atoms with Crippen LogP contribution >= 0.6 is 0 Å². The molecular formula is C64H54O9. The second-order valence-electron chi connectivity index (χ2n) is 17.6. The van der Waals surface area contributed by atoms with Gasteiger partial charge in [0.1, 0.15) is 68.7 Å². The minimum absolute atomic E-state index is 0.236. The van der Waals surface area contributed by atoms with Gasteiger partial charge in [-0.15, -0.1) is 0 Å². The van der Waals surface area contributed by atoms with Crippen LogP contribution in [0, 0.1) is 0 Å². The number of esters is 1. The highest BCUT2D eigenvalue weighted by atomic mass is 16.6. The number of hydrogen-bond donors (Lipinski definition) is 0. The third kappa shape index (κ3) is 12.9. The Hall–Kier alpha value is -8.95. The van der Waals surface area contributed by atoms with E-state index in [4.69, 9.17) is 37.9 Å². The van der Waals surface area contributed by atoms with Crippen molar-refractivity contribution < 1.29 is 42.7 Å². The quantitative estimate of drug-likeness (QED) is 0.0653. The van der Waals surface area contributed by atoms with Gasteiger partial charge in [0.15, 0.2) is 17.6 Å². The summed E-state index contributed by atoms with van der Waals surface area (Å²) < 4.78 is 53.0. The fourth-order valence-electron chi connectivity index (χ4n) is 8.45. The van der Waals surface area contributed by atoms with Crippen molar-refractivity contribution in [3.8, 4) is 40.2 Å². The van der Waals surface area contributed by atoms with E-state index in [9.17, 15) is 4.79 Å². The number of carbonyl (C=O) groups excluding carboxylic acids is 1. The Balaban J connectivity index is 1.04. The zero-order chi connectivity index (χ0) is 49.4. The van der Waals surface area contributed by atoms with E-state index in [1.807, 2.05) is 206 Å². The van der Waals surface area contributed by atoms with Gasteiger partial charge in [0.25, 0.3) is 0 Å². The molecule has 0 aliphatic carbocycles. The Morgan fingerprint density at radius 1 is 0.397 bits per heavy atom. The van der Waals surface area contributed by atoms with Crippen LogP contribution in [0.25, 0.3) is 0 Å². The average Bonchev–Trinajstić information content (AvgIpc) is 3.45. The largest absolute Gasteiger partial charge is 0.489 e. The molecular weight excluding hydrogens is 913 g/mol. The summed E-state index contributed by atoms with van der Waals surface area (Å²) in [4.78, 5) is 14.4. The van der Waals surface area contributed by atoms with E-state index in [0.717, 1.165) is 38.9 Å². The molecule has 0 spiro atoms. The first-order chi connectivity index (χ1) is 36.1. The maximum absolute atomic E-state index is 14.4. The van der Waals surface area contributed by atoms with Crippen molar-refractivity contribution in [2.24, 2.45) is 0 Å². The van der Waals surface area contributed by atoms with Crippen LogP contribution in [0.5, 0.6) is 40.2 Å². The summed E-state index contributed by atoms with van der Waals surface area (Å²) in [6.07, 6.45) is -1.51. The van der Waals surface area contributed by atoms with Crippen LogP contribution in [0.15, 0.2) is 231 Å². The SMILES string of the molecule is O=C(O[C@@H]1Cc2c(OCc3ccccc3)cc(OCc3ccccc3)cc2O[C@H]1c1cc(OCc2ccccc2)c(OCc2ccccc2)c(OCc2ccccc2)c1)c1ccc(OCc2ccccc2)cc1. The maximum Gasteiger partial charge on any atom is 0.338 e. The number of carbonyl (C=O) groups is 1. The lowest BCUT2D eigenvalue weighted by Gasteiger charge is -2.35. The van der Waals surface area contributed by atoms with Crippen molar-refractivity contribution in [3.63, 3.8) is 0 Å². The molecule has 9 aromatic rings. The molecule has 0 unspecified atom stereocenters. The van der Waals surface area contributed by atoms with Gasteiger partial charge in [0, 0.05) is 29.7 Å². The van der Waals surface area contributed by atoms with Crippen molar-refractivity contribution in [3.05, 3.63) is 281 Å². The van der Waals surface area contributed by atoms with E-state index in [1.165, 1.54) is 0 Å². The number of ether oxygens (including phenoxy) is 8.